The summed E-state index contributed by atoms with van der Waals surface area (Å²) in [5.41, 5.74) is 12.0. The molecule has 0 saturated heterocycles. The maximum absolute atomic E-state index is 3.76. The maximum Gasteiger partial charge on any atom is 0.187 e. The first-order valence-electron chi connectivity index (χ1n) is 14.1. The number of benzene rings is 6. The predicted molar refractivity (Wildman–Crippen MR) is 171 cm³/mol. The summed E-state index contributed by atoms with van der Waals surface area (Å²) in [6.45, 7) is 0. The third kappa shape index (κ3) is 3.22. The molecule has 1 N–H and O–H groups in total. The molecular weight excluding hydrogens is 500 g/mol. The van der Waals surface area contributed by atoms with Crippen molar-refractivity contribution in [3.05, 3.63) is 146 Å². The molecule has 4 nitrogen and oxygen atoms in total. The molecule has 4 heteroatoms. The lowest BCUT2D eigenvalue weighted by Crippen LogP contribution is -2.40. The van der Waals surface area contributed by atoms with Gasteiger partial charge in [-0.1, -0.05) is 78.9 Å². The van der Waals surface area contributed by atoms with Crippen LogP contribution in [0.25, 0.3) is 38.6 Å². The second-order valence-corrected chi connectivity index (χ2v) is 10.7. The van der Waals surface area contributed by atoms with Crippen LogP contribution in [0.5, 0.6) is 0 Å². The summed E-state index contributed by atoms with van der Waals surface area (Å²) in [5.74, 6) is 0. The third-order valence-corrected chi connectivity index (χ3v) is 8.49. The van der Waals surface area contributed by atoms with Crippen molar-refractivity contribution >= 4 is 50.2 Å². The van der Waals surface area contributed by atoms with E-state index in [-0.39, 0.29) is 6.29 Å². The van der Waals surface area contributed by atoms with Gasteiger partial charge in [0, 0.05) is 22.1 Å². The second kappa shape index (κ2) is 8.51. The minimum atomic E-state index is -0.00798. The smallest absolute Gasteiger partial charge is 0.187 e. The standard InChI is InChI=1S/C37H26N4/c1-3-11-27(12-4-1)39-32-17-9-7-15-29(32)30-23-25(19-21-33(30)39)26-20-22-35-36(24-26)41-34-18-10-8-16-31(34)38-37(41)40(35)28-13-5-2-6-14-28/h1-24,37-38H. The number of anilines is 5. The number of para-hydroxylation sites is 5. The number of fused-ring (bicyclic) bond motifs is 8. The fraction of sp³-hybridized carbons (Fsp3) is 0.0270. The molecule has 3 heterocycles. The van der Waals surface area contributed by atoms with Gasteiger partial charge in [-0.2, -0.15) is 0 Å². The Kier molecular flexibility index (Phi) is 4.64. The summed E-state index contributed by atoms with van der Waals surface area (Å²) in [5, 5.41) is 6.29. The van der Waals surface area contributed by atoms with Crippen LogP contribution in [0.3, 0.4) is 0 Å². The van der Waals surface area contributed by atoms with E-state index in [1.165, 1.54) is 61.4 Å². The molecule has 194 valence electrons. The number of hydrogen-bond donors (Lipinski definition) is 1. The molecule has 1 atom stereocenters. The van der Waals surface area contributed by atoms with E-state index in [0.29, 0.717) is 0 Å². The van der Waals surface area contributed by atoms with Gasteiger partial charge >= 0.3 is 0 Å². The maximum atomic E-state index is 3.76. The molecule has 1 aromatic heterocycles. The summed E-state index contributed by atoms with van der Waals surface area (Å²) in [7, 11) is 0. The van der Waals surface area contributed by atoms with Crippen LogP contribution in [0.4, 0.5) is 28.4 Å². The van der Waals surface area contributed by atoms with Crippen molar-refractivity contribution < 1.29 is 0 Å². The van der Waals surface area contributed by atoms with E-state index < -0.39 is 0 Å². The lowest BCUT2D eigenvalue weighted by atomic mass is 10.0. The van der Waals surface area contributed by atoms with Crippen LogP contribution in [0.15, 0.2) is 146 Å². The minimum absolute atomic E-state index is 0.00798. The van der Waals surface area contributed by atoms with Crippen molar-refractivity contribution in [3.63, 3.8) is 0 Å². The van der Waals surface area contributed by atoms with Crippen molar-refractivity contribution in [2.24, 2.45) is 0 Å². The van der Waals surface area contributed by atoms with E-state index in [4.69, 9.17) is 0 Å². The highest BCUT2D eigenvalue weighted by atomic mass is 15.5. The summed E-state index contributed by atoms with van der Waals surface area (Å²) in [6.07, 6.45) is -0.00798. The molecule has 2 aliphatic heterocycles. The highest BCUT2D eigenvalue weighted by molar-refractivity contribution is 6.10. The molecule has 6 aromatic carbocycles. The van der Waals surface area contributed by atoms with Gasteiger partial charge in [0.25, 0.3) is 0 Å². The largest absolute Gasteiger partial charge is 0.346 e. The van der Waals surface area contributed by atoms with Gasteiger partial charge in [-0.25, -0.2) is 0 Å². The number of rotatable bonds is 3. The Hall–Kier alpha value is -5.48. The number of aromatic nitrogens is 1. The van der Waals surface area contributed by atoms with Gasteiger partial charge in [0.2, 0.25) is 0 Å². The average molecular weight is 527 g/mol. The van der Waals surface area contributed by atoms with Gasteiger partial charge in [0.15, 0.2) is 6.29 Å². The van der Waals surface area contributed by atoms with Crippen LogP contribution in [-0.2, 0) is 0 Å². The Labute approximate surface area is 238 Å². The summed E-state index contributed by atoms with van der Waals surface area (Å²) in [6, 6.07) is 52.4. The summed E-state index contributed by atoms with van der Waals surface area (Å²) in [4.78, 5) is 4.83. The molecule has 0 aliphatic carbocycles. The summed E-state index contributed by atoms with van der Waals surface area (Å²) < 4.78 is 2.37. The fourth-order valence-corrected chi connectivity index (χ4v) is 6.69. The van der Waals surface area contributed by atoms with Gasteiger partial charge in [-0.3, -0.25) is 4.90 Å². The molecular formula is C37H26N4. The van der Waals surface area contributed by atoms with Crippen molar-refractivity contribution in [3.8, 4) is 16.8 Å². The van der Waals surface area contributed by atoms with Crippen molar-refractivity contribution in [1.82, 2.24) is 4.57 Å². The van der Waals surface area contributed by atoms with E-state index in [0.717, 1.165) is 5.69 Å². The molecule has 0 radical (unpaired) electrons. The second-order valence-electron chi connectivity index (χ2n) is 10.7. The highest BCUT2D eigenvalue weighted by Crippen LogP contribution is 2.53. The molecule has 0 fully saturated rings. The van der Waals surface area contributed by atoms with Crippen LogP contribution in [0.1, 0.15) is 0 Å². The zero-order valence-corrected chi connectivity index (χ0v) is 22.3. The van der Waals surface area contributed by atoms with Crippen molar-refractivity contribution in [2.75, 3.05) is 15.1 Å². The Morgan fingerprint density at radius 3 is 1.95 bits per heavy atom. The molecule has 0 spiro atoms. The molecule has 0 amide bonds. The third-order valence-electron chi connectivity index (χ3n) is 8.49. The quantitative estimate of drug-likeness (QED) is 0.248. The van der Waals surface area contributed by atoms with E-state index in [2.05, 4.69) is 165 Å². The first-order chi connectivity index (χ1) is 20.3. The molecule has 2 aliphatic rings. The Balaban J connectivity index is 1.23. The Morgan fingerprint density at radius 2 is 1.10 bits per heavy atom. The lowest BCUT2D eigenvalue weighted by Gasteiger charge is -2.27. The minimum Gasteiger partial charge on any atom is -0.346 e. The highest BCUT2D eigenvalue weighted by Gasteiger charge is 2.42. The zero-order valence-electron chi connectivity index (χ0n) is 22.3. The topological polar surface area (TPSA) is 23.4 Å². The molecule has 9 rings (SSSR count). The molecule has 1 unspecified atom stereocenters. The number of nitrogens with zero attached hydrogens (tertiary/aromatic N) is 3. The van der Waals surface area contributed by atoms with E-state index in [1.54, 1.807) is 0 Å². The number of hydrogen-bond acceptors (Lipinski definition) is 3. The molecule has 7 aromatic rings. The van der Waals surface area contributed by atoms with E-state index in [1.807, 2.05) is 0 Å². The first-order valence-corrected chi connectivity index (χ1v) is 14.1. The van der Waals surface area contributed by atoms with Gasteiger partial charge in [-0.15, -0.1) is 0 Å². The lowest BCUT2D eigenvalue weighted by molar-refractivity contribution is 0.808. The van der Waals surface area contributed by atoms with E-state index >= 15 is 0 Å². The van der Waals surface area contributed by atoms with Gasteiger partial charge in [0.05, 0.1) is 33.8 Å². The van der Waals surface area contributed by atoms with Crippen LogP contribution in [0.2, 0.25) is 0 Å². The first kappa shape index (κ1) is 22.3. The van der Waals surface area contributed by atoms with Crippen molar-refractivity contribution in [2.45, 2.75) is 6.29 Å². The molecule has 0 bridgehead atoms. The van der Waals surface area contributed by atoms with Crippen molar-refractivity contribution in [1.29, 1.82) is 0 Å². The van der Waals surface area contributed by atoms with Gasteiger partial charge in [0.1, 0.15) is 0 Å². The number of nitrogens with one attached hydrogen (secondary N) is 1. The van der Waals surface area contributed by atoms with Crippen LogP contribution in [0, 0.1) is 0 Å². The van der Waals surface area contributed by atoms with Crippen LogP contribution in [-0.4, -0.2) is 10.9 Å². The fourth-order valence-electron chi connectivity index (χ4n) is 6.69. The SMILES string of the molecule is c1ccc(N2c3ccc(-c4ccc5c(c4)c4ccccc4n5-c4ccccc4)cc3N3c4ccccc4NC23)cc1. The van der Waals surface area contributed by atoms with Gasteiger partial charge in [-0.05, 0) is 77.9 Å². The Bertz CT molecular complexity index is 2100. The zero-order chi connectivity index (χ0) is 26.9. The molecule has 0 saturated carbocycles. The van der Waals surface area contributed by atoms with E-state index in [9.17, 15) is 0 Å². The van der Waals surface area contributed by atoms with Crippen LogP contribution < -0.4 is 15.1 Å². The van der Waals surface area contributed by atoms with Crippen LogP contribution >= 0.6 is 0 Å². The molecule has 41 heavy (non-hydrogen) atoms. The predicted octanol–water partition coefficient (Wildman–Crippen LogP) is 9.45. The summed E-state index contributed by atoms with van der Waals surface area (Å²) >= 11 is 0. The monoisotopic (exact) mass is 526 g/mol. The Morgan fingerprint density at radius 1 is 0.439 bits per heavy atom. The van der Waals surface area contributed by atoms with Gasteiger partial charge < -0.3 is 14.8 Å². The average Bonchev–Trinajstić information content (AvgIpc) is 3.68. The normalized spacial score (nSPS) is 15.2.